The molecule has 0 atom stereocenters. The highest BCUT2D eigenvalue weighted by atomic mass is 19.3. The lowest BCUT2D eigenvalue weighted by atomic mass is 10.0. The Balaban J connectivity index is 1.36. The third kappa shape index (κ3) is 4.24. The van der Waals surface area contributed by atoms with E-state index in [1.54, 1.807) is 16.7 Å². The van der Waals surface area contributed by atoms with Crippen molar-refractivity contribution in [3.8, 4) is 5.75 Å². The molecule has 2 aromatic carbocycles. The van der Waals surface area contributed by atoms with Gasteiger partial charge in [0.2, 0.25) is 0 Å². The van der Waals surface area contributed by atoms with E-state index < -0.39 is 23.7 Å². The first-order valence-corrected chi connectivity index (χ1v) is 11.2. The number of nitrogens with zero attached hydrogens (tertiary/aromatic N) is 4. The van der Waals surface area contributed by atoms with E-state index in [9.17, 15) is 22.8 Å². The lowest BCUT2D eigenvalue weighted by Crippen LogP contribution is -2.41. The number of carbonyl (C=O) groups is 2. The Bertz CT molecular complexity index is 1290. The summed E-state index contributed by atoms with van der Waals surface area (Å²) in [7, 11) is 1.59. The first kappa shape index (κ1) is 22.9. The van der Waals surface area contributed by atoms with Gasteiger partial charge in [0.1, 0.15) is 17.3 Å². The molecule has 3 heterocycles. The van der Waals surface area contributed by atoms with Gasteiger partial charge in [0.05, 0.1) is 31.5 Å². The number of hydrogen-bond acceptors (Lipinski definition) is 4. The zero-order chi connectivity index (χ0) is 24.7. The summed E-state index contributed by atoms with van der Waals surface area (Å²) in [6.07, 6.45) is -2.51. The Labute approximate surface area is 199 Å². The topological polar surface area (TPSA) is 67.7 Å². The molecule has 35 heavy (non-hydrogen) atoms. The molecule has 0 fully saturated rings. The molecule has 0 radical (unpaired) electrons. The van der Waals surface area contributed by atoms with Crippen LogP contribution in [-0.4, -0.2) is 51.6 Å². The standard InChI is InChI=1S/C25H23F3N4O3/c1-35-17-5-2-15(3-6-17)13-31-10-11-32-22(25(31)34)19-14-30(9-8-21(19)29-32)24(33)16-4-7-18(23(27)28)20(26)12-16/h2-7,12,23H,8-11,13-14H2,1H3. The summed E-state index contributed by atoms with van der Waals surface area (Å²) in [6, 6.07) is 10.5. The van der Waals surface area contributed by atoms with Gasteiger partial charge in [-0.3, -0.25) is 14.3 Å². The zero-order valence-electron chi connectivity index (χ0n) is 19.0. The molecule has 0 saturated heterocycles. The van der Waals surface area contributed by atoms with E-state index in [1.165, 1.54) is 11.0 Å². The maximum atomic E-state index is 14.0. The third-order valence-electron chi connectivity index (χ3n) is 6.47. The number of halogens is 3. The van der Waals surface area contributed by atoms with Crippen LogP contribution in [0.15, 0.2) is 42.5 Å². The van der Waals surface area contributed by atoms with Gasteiger partial charge in [-0.2, -0.15) is 5.10 Å². The van der Waals surface area contributed by atoms with Crippen molar-refractivity contribution in [2.24, 2.45) is 0 Å². The molecule has 0 N–H and O–H groups in total. The largest absolute Gasteiger partial charge is 0.497 e. The van der Waals surface area contributed by atoms with Gasteiger partial charge in [-0.25, -0.2) is 13.2 Å². The minimum atomic E-state index is -2.96. The van der Waals surface area contributed by atoms with Crippen molar-refractivity contribution in [1.82, 2.24) is 19.6 Å². The van der Waals surface area contributed by atoms with Gasteiger partial charge >= 0.3 is 0 Å². The van der Waals surface area contributed by atoms with Gasteiger partial charge in [-0.05, 0) is 35.9 Å². The maximum Gasteiger partial charge on any atom is 0.272 e. The average Bonchev–Trinajstić information content (AvgIpc) is 3.24. The Morgan fingerprint density at radius 1 is 1.11 bits per heavy atom. The number of benzene rings is 2. The molecule has 2 aliphatic rings. The van der Waals surface area contributed by atoms with Gasteiger partial charge in [-0.1, -0.05) is 12.1 Å². The number of aromatic nitrogens is 2. The first-order chi connectivity index (χ1) is 16.9. The molecular formula is C25H23F3N4O3. The van der Waals surface area contributed by atoms with E-state index in [-0.39, 0.29) is 18.0 Å². The summed E-state index contributed by atoms with van der Waals surface area (Å²) in [6.45, 7) is 1.96. The van der Waals surface area contributed by atoms with Crippen molar-refractivity contribution in [1.29, 1.82) is 0 Å². The first-order valence-electron chi connectivity index (χ1n) is 11.2. The Morgan fingerprint density at radius 2 is 1.89 bits per heavy atom. The number of fused-ring (bicyclic) bond motifs is 3. The number of carbonyl (C=O) groups excluding carboxylic acids is 2. The number of amides is 2. The van der Waals surface area contributed by atoms with Crippen LogP contribution in [0.4, 0.5) is 13.2 Å². The van der Waals surface area contributed by atoms with Gasteiger partial charge < -0.3 is 14.5 Å². The van der Waals surface area contributed by atoms with Gasteiger partial charge in [0.25, 0.3) is 18.2 Å². The molecule has 3 aromatic rings. The summed E-state index contributed by atoms with van der Waals surface area (Å²) in [5.41, 5.74) is 2.12. The van der Waals surface area contributed by atoms with Crippen molar-refractivity contribution in [2.45, 2.75) is 32.5 Å². The van der Waals surface area contributed by atoms with Crippen molar-refractivity contribution >= 4 is 11.8 Å². The quantitative estimate of drug-likeness (QED) is 0.552. The summed E-state index contributed by atoms with van der Waals surface area (Å²) < 4.78 is 46.6. The van der Waals surface area contributed by atoms with Crippen LogP contribution < -0.4 is 4.74 Å². The van der Waals surface area contributed by atoms with Gasteiger partial charge in [0.15, 0.2) is 0 Å². The predicted molar refractivity (Wildman–Crippen MR) is 120 cm³/mol. The van der Waals surface area contributed by atoms with E-state index in [1.807, 2.05) is 24.3 Å². The monoisotopic (exact) mass is 484 g/mol. The van der Waals surface area contributed by atoms with E-state index in [2.05, 4.69) is 5.10 Å². The smallest absolute Gasteiger partial charge is 0.272 e. The Hall–Kier alpha value is -3.82. The Morgan fingerprint density at radius 3 is 2.57 bits per heavy atom. The molecule has 10 heteroatoms. The van der Waals surface area contributed by atoms with Crippen molar-refractivity contribution in [3.63, 3.8) is 0 Å². The predicted octanol–water partition coefficient (Wildman–Crippen LogP) is 3.82. The molecule has 0 spiro atoms. The number of hydrogen-bond donors (Lipinski definition) is 0. The average molecular weight is 484 g/mol. The number of methoxy groups -OCH3 is 1. The van der Waals surface area contributed by atoms with E-state index in [4.69, 9.17) is 4.74 Å². The molecule has 0 aliphatic carbocycles. The van der Waals surface area contributed by atoms with E-state index in [0.29, 0.717) is 43.9 Å². The van der Waals surface area contributed by atoms with Crippen LogP contribution in [-0.2, 0) is 26.1 Å². The van der Waals surface area contributed by atoms with Crippen LogP contribution >= 0.6 is 0 Å². The lowest BCUT2D eigenvalue weighted by Gasteiger charge is -2.30. The molecule has 1 aromatic heterocycles. The van der Waals surface area contributed by atoms with Crippen molar-refractivity contribution in [2.75, 3.05) is 20.2 Å². The van der Waals surface area contributed by atoms with E-state index in [0.717, 1.165) is 29.1 Å². The molecule has 0 bridgehead atoms. The summed E-state index contributed by atoms with van der Waals surface area (Å²) in [4.78, 5) is 29.6. The molecule has 7 nitrogen and oxygen atoms in total. The van der Waals surface area contributed by atoms with Crippen LogP contribution in [0.25, 0.3) is 0 Å². The maximum absolute atomic E-state index is 14.0. The number of ether oxygens (including phenoxy) is 1. The Kier molecular flexibility index (Phi) is 5.96. The summed E-state index contributed by atoms with van der Waals surface area (Å²) in [5, 5.41) is 4.59. The second-order valence-electron chi connectivity index (χ2n) is 8.59. The number of alkyl halides is 2. The second-order valence-corrected chi connectivity index (χ2v) is 8.59. The van der Waals surface area contributed by atoms with Gasteiger partial charge in [0, 0.05) is 37.2 Å². The molecule has 5 rings (SSSR count). The number of rotatable bonds is 5. The minimum absolute atomic E-state index is 0.0103. The van der Waals surface area contributed by atoms with Crippen molar-refractivity contribution < 1.29 is 27.5 Å². The van der Waals surface area contributed by atoms with Crippen LogP contribution in [0, 0.1) is 5.82 Å². The second kappa shape index (κ2) is 9.09. The molecular weight excluding hydrogens is 461 g/mol. The highest BCUT2D eigenvalue weighted by Gasteiger charge is 2.35. The van der Waals surface area contributed by atoms with Crippen LogP contribution in [0.5, 0.6) is 5.75 Å². The van der Waals surface area contributed by atoms with Crippen LogP contribution in [0.3, 0.4) is 0 Å². The molecule has 2 amide bonds. The molecule has 0 saturated carbocycles. The molecule has 2 aliphatic heterocycles. The van der Waals surface area contributed by atoms with Crippen molar-refractivity contribution in [3.05, 3.63) is 81.9 Å². The zero-order valence-corrected chi connectivity index (χ0v) is 19.0. The van der Waals surface area contributed by atoms with Crippen LogP contribution in [0.2, 0.25) is 0 Å². The minimum Gasteiger partial charge on any atom is -0.497 e. The molecule has 182 valence electrons. The third-order valence-corrected chi connectivity index (χ3v) is 6.47. The lowest BCUT2D eigenvalue weighted by molar-refractivity contribution is 0.0670. The summed E-state index contributed by atoms with van der Waals surface area (Å²) in [5.74, 6) is -1.02. The fourth-order valence-electron chi connectivity index (χ4n) is 4.59. The highest BCUT2D eigenvalue weighted by Crippen LogP contribution is 2.29. The normalized spacial score (nSPS) is 15.3. The fourth-order valence-corrected chi connectivity index (χ4v) is 4.59. The van der Waals surface area contributed by atoms with Crippen LogP contribution in [0.1, 0.15) is 49.7 Å². The summed E-state index contributed by atoms with van der Waals surface area (Å²) >= 11 is 0. The van der Waals surface area contributed by atoms with E-state index >= 15 is 0 Å². The van der Waals surface area contributed by atoms with Gasteiger partial charge in [-0.15, -0.1) is 0 Å². The molecule has 0 unspecified atom stereocenters. The fraction of sp³-hybridized carbons (Fsp3) is 0.320. The highest BCUT2D eigenvalue weighted by molar-refractivity contribution is 5.96. The SMILES string of the molecule is COc1ccc(CN2CCn3nc4c(c3C2=O)CN(C(=O)c2ccc(C(F)F)c(F)c2)CC4)cc1.